The normalized spacial score (nSPS) is 11.5. The van der Waals surface area contributed by atoms with Gasteiger partial charge in [-0.05, 0) is 36.8 Å². The highest BCUT2D eigenvalue weighted by atomic mass is 35.5. The molecule has 10 heteroatoms. The molecule has 0 radical (unpaired) electrons. The third-order valence-electron chi connectivity index (χ3n) is 4.13. The lowest BCUT2D eigenvalue weighted by Gasteiger charge is -2.06. The van der Waals surface area contributed by atoms with Gasteiger partial charge in [0.2, 0.25) is 10.0 Å². The molecule has 0 saturated carbocycles. The Morgan fingerprint density at radius 1 is 1.25 bits per heavy atom. The van der Waals surface area contributed by atoms with E-state index in [0.29, 0.717) is 41.3 Å². The van der Waals surface area contributed by atoms with Crippen LogP contribution in [0.5, 0.6) is 0 Å². The molecule has 1 aromatic carbocycles. The topological polar surface area (TPSA) is 106 Å². The maximum Gasteiger partial charge on any atom is 0.252 e. The number of benzene rings is 1. The van der Waals surface area contributed by atoms with Crippen molar-refractivity contribution in [2.75, 3.05) is 17.5 Å². The van der Waals surface area contributed by atoms with E-state index >= 15 is 0 Å². The van der Waals surface area contributed by atoms with Crippen LogP contribution in [-0.4, -0.2) is 41.7 Å². The summed E-state index contributed by atoms with van der Waals surface area (Å²) in [5.74, 6) is 0.652. The number of hydrogen-bond donors (Lipinski definition) is 2. The third-order valence-corrected chi connectivity index (χ3v) is 4.96. The van der Waals surface area contributed by atoms with E-state index in [4.69, 9.17) is 11.6 Å². The van der Waals surface area contributed by atoms with Crippen molar-refractivity contribution in [3.05, 3.63) is 53.1 Å². The number of sulfonamides is 1. The maximum atomic E-state index is 12.1. The van der Waals surface area contributed by atoms with E-state index in [-0.39, 0.29) is 5.91 Å². The number of nitrogens with zero attached hydrogens (tertiary/aromatic N) is 3. The summed E-state index contributed by atoms with van der Waals surface area (Å²) < 4.78 is 27.2. The molecule has 2 aromatic heterocycles. The molecule has 28 heavy (non-hydrogen) atoms. The summed E-state index contributed by atoms with van der Waals surface area (Å²) in [5.41, 5.74) is 2.55. The van der Waals surface area contributed by atoms with Crippen LogP contribution >= 0.6 is 11.6 Å². The van der Waals surface area contributed by atoms with Gasteiger partial charge in [0.15, 0.2) is 0 Å². The van der Waals surface area contributed by atoms with Gasteiger partial charge in [-0.25, -0.2) is 18.4 Å². The van der Waals surface area contributed by atoms with Crippen LogP contribution in [0.3, 0.4) is 0 Å². The highest BCUT2D eigenvalue weighted by Gasteiger charge is 2.11. The Morgan fingerprint density at radius 2 is 2.04 bits per heavy atom. The number of imidazole rings is 1. The van der Waals surface area contributed by atoms with Crippen molar-refractivity contribution < 1.29 is 13.2 Å². The summed E-state index contributed by atoms with van der Waals surface area (Å²) in [5, 5.41) is 3.18. The van der Waals surface area contributed by atoms with Gasteiger partial charge >= 0.3 is 0 Å². The van der Waals surface area contributed by atoms with Crippen LogP contribution in [0.4, 0.5) is 5.69 Å². The van der Waals surface area contributed by atoms with Gasteiger partial charge in [0.1, 0.15) is 11.0 Å². The van der Waals surface area contributed by atoms with E-state index in [2.05, 4.69) is 20.0 Å². The molecule has 0 fully saturated rings. The third kappa shape index (κ3) is 4.99. The van der Waals surface area contributed by atoms with Crippen LogP contribution in [-0.2, 0) is 23.5 Å². The number of nitrogens with one attached hydrogen (secondary N) is 2. The molecule has 0 unspecified atom stereocenters. The molecule has 2 N–H and O–H groups in total. The lowest BCUT2D eigenvalue weighted by atomic mass is 10.2. The molecule has 0 saturated heterocycles. The zero-order chi connectivity index (χ0) is 20.3. The number of aromatic nitrogens is 3. The molecule has 0 bridgehead atoms. The molecule has 3 aromatic rings. The molecule has 1 amide bonds. The smallest absolute Gasteiger partial charge is 0.252 e. The Labute approximate surface area is 168 Å². The lowest BCUT2D eigenvalue weighted by molar-refractivity contribution is 0.0953. The van der Waals surface area contributed by atoms with Crippen molar-refractivity contribution >= 4 is 44.3 Å². The number of rotatable bonds is 7. The van der Waals surface area contributed by atoms with Gasteiger partial charge in [-0.15, -0.1) is 0 Å². The first-order valence-corrected chi connectivity index (χ1v) is 10.8. The lowest BCUT2D eigenvalue weighted by Crippen LogP contribution is -2.25. The van der Waals surface area contributed by atoms with E-state index in [9.17, 15) is 13.2 Å². The number of anilines is 1. The molecule has 0 aliphatic rings. The van der Waals surface area contributed by atoms with Crippen LogP contribution in [0.1, 0.15) is 22.6 Å². The minimum atomic E-state index is -3.34. The SMILES string of the molecule is Cn1c(CCCNC(=O)c2ccc(Cl)nc2)nc2cc(NS(C)(=O)=O)ccc21. The van der Waals surface area contributed by atoms with Crippen LogP contribution in [0.2, 0.25) is 5.15 Å². The predicted octanol–water partition coefficient (Wildman–Crippen LogP) is 2.36. The van der Waals surface area contributed by atoms with Crippen molar-refractivity contribution in [2.45, 2.75) is 12.8 Å². The van der Waals surface area contributed by atoms with Gasteiger partial charge in [-0.3, -0.25) is 9.52 Å². The minimum Gasteiger partial charge on any atom is -0.352 e. The fourth-order valence-corrected chi connectivity index (χ4v) is 3.48. The summed E-state index contributed by atoms with van der Waals surface area (Å²) in [6, 6.07) is 8.43. The molecular weight excluding hydrogens is 402 g/mol. The highest BCUT2D eigenvalue weighted by Crippen LogP contribution is 2.21. The molecule has 0 aliphatic carbocycles. The molecule has 0 aliphatic heterocycles. The van der Waals surface area contributed by atoms with E-state index < -0.39 is 10.0 Å². The van der Waals surface area contributed by atoms with Gasteiger partial charge < -0.3 is 9.88 Å². The number of aryl methyl sites for hydroxylation is 2. The molecule has 3 rings (SSSR count). The predicted molar refractivity (Wildman–Crippen MR) is 109 cm³/mol. The number of halogens is 1. The first-order chi connectivity index (χ1) is 13.2. The Balaban J connectivity index is 1.60. The monoisotopic (exact) mass is 421 g/mol. The Morgan fingerprint density at radius 3 is 2.71 bits per heavy atom. The summed E-state index contributed by atoms with van der Waals surface area (Å²) >= 11 is 5.71. The van der Waals surface area contributed by atoms with Crippen molar-refractivity contribution in [1.82, 2.24) is 19.9 Å². The standard InChI is InChI=1S/C18H20ClN5O3S/c1-24-15-7-6-13(23-28(2,26)27)10-14(15)22-17(24)4-3-9-20-18(25)12-5-8-16(19)21-11-12/h5-8,10-11,23H,3-4,9H2,1-2H3,(H,20,25). The zero-order valence-electron chi connectivity index (χ0n) is 15.4. The van der Waals surface area contributed by atoms with E-state index in [1.165, 1.54) is 6.20 Å². The van der Waals surface area contributed by atoms with Crippen molar-refractivity contribution in [3.63, 3.8) is 0 Å². The van der Waals surface area contributed by atoms with Crippen LogP contribution in [0.15, 0.2) is 36.5 Å². The molecule has 0 atom stereocenters. The Bertz CT molecular complexity index is 1110. The van der Waals surface area contributed by atoms with E-state index in [1.54, 1.807) is 24.3 Å². The number of amides is 1. The Kier molecular flexibility index (Phi) is 5.85. The average Bonchev–Trinajstić information content (AvgIpc) is 2.93. The fourth-order valence-electron chi connectivity index (χ4n) is 2.81. The number of hydrogen-bond acceptors (Lipinski definition) is 5. The van der Waals surface area contributed by atoms with Crippen LogP contribution in [0, 0.1) is 0 Å². The summed E-state index contributed by atoms with van der Waals surface area (Å²) in [6.07, 6.45) is 3.91. The highest BCUT2D eigenvalue weighted by molar-refractivity contribution is 7.92. The number of carbonyl (C=O) groups is 1. The summed E-state index contributed by atoms with van der Waals surface area (Å²) in [6.45, 7) is 0.492. The summed E-state index contributed by atoms with van der Waals surface area (Å²) in [4.78, 5) is 20.5. The summed E-state index contributed by atoms with van der Waals surface area (Å²) in [7, 11) is -1.43. The largest absolute Gasteiger partial charge is 0.352 e. The van der Waals surface area contributed by atoms with Crippen molar-refractivity contribution in [1.29, 1.82) is 0 Å². The van der Waals surface area contributed by atoms with Gasteiger partial charge in [0.05, 0.1) is 28.5 Å². The minimum absolute atomic E-state index is 0.203. The van der Waals surface area contributed by atoms with Crippen molar-refractivity contribution in [3.8, 4) is 0 Å². The van der Waals surface area contributed by atoms with Gasteiger partial charge in [-0.2, -0.15) is 0 Å². The molecule has 148 valence electrons. The van der Waals surface area contributed by atoms with Crippen molar-refractivity contribution in [2.24, 2.45) is 7.05 Å². The number of fused-ring (bicyclic) bond motifs is 1. The quantitative estimate of drug-likeness (QED) is 0.450. The van der Waals surface area contributed by atoms with Crippen LogP contribution < -0.4 is 10.0 Å². The fraction of sp³-hybridized carbons (Fsp3) is 0.278. The second kappa shape index (κ2) is 8.15. The molecular formula is C18H20ClN5O3S. The zero-order valence-corrected chi connectivity index (χ0v) is 17.0. The molecule has 0 spiro atoms. The average molecular weight is 422 g/mol. The van der Waals surface area contributed by atoms with Crippen LogP contribution in [0.25, 0.3) is 11.0 Å². The molecule has 8 nitrogen and oxygen atoms in total. The van der Waals surface area contributed by atoms with Gasteiger partial charge in [-0.1, -0.05) is 11.6 Å². The second-order valence-electron chi connectivity index (χ2n) is 6.39. The van der Waals surface area contributed by atoms with E-state index in [0.717, 1.165) is 17.6 Å². The maximum absolute atomic E-state index is 12.1. The van der Waals surface area contributed by atoms with E-state index in [1.807, 2.05) is 17.7 Å². The molecule has 2 heterocycles. The van der Waals surface area contributed by atoms with Gasteiger partial charge in [0, 0.05) is 26.2 Å². The number of pyridine rings is 1. The van der Waals surface area contributed by atoms with Gasteiger partial charge in [0.25, 0.3) is 5.91 Å². The first kappa shape index (κ1) is 20.1. The second-order valence-corrected chi connectivity index (χ2v) is 8.53. The first-order valence-electron chi connectivity index (χ1n) is 8.56. The Hall–Kier alpha value is -2.65. The number of carbonyl (C=O) groups excluding carboxylic acids is 1.